The molecular weight excluding hydrogens is 388 g/mol. The van der Waals surface area contributed by atoms with Crippen molar-refractivity contribution in [2.45, 2.75) is 43.5 Å². The predicted molar refractivity (Wildman–Crippen MR) is 102 cm³/mol. The van der Waals surface area contributed by atoms with Crippen molar-refractivity contribution in [2.24, 2.45) is 0 Å². The number of carbonyl (C=O) groups excluding carboxylic acids is 1. The summed E-state index contributed by atoms with van der Waals surface area (Å²) in [5, 5.41) is 12.0. The zero-order chi connectivity index (χ0) is 19.4. The highest BCUT2D eigenvalue weighted by Gasteiger charge is 2.39. The summed E-state index contributed by atoms with van der Waals surface area (Å²) in [7, 11) is -2.25. The van der Waals surface area contributed by atoms with E-state index in [0.717, 1.165) is 17.8 Å². The minimum Gasteiger partial charge on any atom is -0.497 e. The third kappa shape index (κ3) is 4.28. The first kappa shape index (κ1) is 19.7. The van der Waals surface area contributed by atoms with Crippen molar-refractivity contribution in [3.8, 4) is 5.75 Å². The quantitative estimate of drug-likeness (QED) is 0.751. The fraction of sp³-hybridized carbons (Fsp3) is 0.471. The Hall–Kier alpha value is -2.04. The van der Waals surface area contributed by atoms with Crippen LogP contribution in [0.4, 0.5) is 5.13 Å². The fourth-order valence-corrected chi connectivity index (χ4v) is 5.48. The lowest BCUT2D eigenvalue weighted by atomic mass is 10.2. The number of methoxy groups -OCH3 is 1. The molecule has 2 aromatic rings. The highest BCUT2D eigenvalue weighted by atomic mass is 32.2. The summed E-state index contributed by atoms with van der Waals surface area (Å²) in [6.45, 7) is 2.35. The van der Waals surface area contributed by atoms with Crippen LogP contribution in [0.2, 0.25) is 0 Å². The molecule has 2 heterocycles. The van der Waals surface area contributed by atoms with Crippen molar-refractivity contribution in [3.63, 3.8) is 0 Å². The molecule has 1 aliphatic heterocycles. The second-order valence-corrected chi connectivity index (χ2v) is 9.14. The number of anilines is 1. The lowest BCUT2D eigenvalue weighted by Crippen LogP contribution is -2.43. The SMILES string of the molecule is CCCc1nnc(NC(=O)[C@H]2CCCN2S(=O)(=O)c2ccc(OC)cc2)s1. The molecule has 0 bridgehead atoms. The molecule has 8 nitrogen and oxygen atoms in total. The van der Waals surface area contributed by atoms with Gasteiger partial charge in [0, 0.05) is 13.0 Å². The van der Waals surface area contributed by atoms with E-state index in [-0.39, 0.29) is 10.8 Å². The minimum atomic E-state index is -3.77. The second-order valence-electron chi connectivity index (χ2n) is 6.19. The maximum atomic E-state index is 13.0. The van der Waals surface area contributed by atoms with Gasteiger partial charge in [0.05, 0.1) is 12.0 Å². The Labute approximate surface area is 162 Å². The summed E-state index contributed by atoms with van der Waals surface area (Å²) in [6, 6.07) is 5.41. The molecule has 0 saturated carbocycles. The highest BCUT2D eigenvalue weighted by molar-refractivity contribution is 7.89. The predicted octanol–water partition coefficient (Wildman–Crippen LogP) is 2.29. The Morgan fingerprint density at radius 2 is 2.07 bits per heavy atom. The van der Waals surface area contributed by atoms with Gasteiger partial charge in [0.1, 0.15) is 16.8 Å². The Morgan fingerprint density at radius 3 is 2.74 bits per heavy atom. The topological polar surface area (TPSA) is 101 Å². The summed E-state index contributed by atoms with van der Waals surface area (Å²) >= 11 is 1.32. The number of sulfonamides is 1. The highest BCUT2D eigenvalue weighted by Crippen LogP contribution is 2.28. The Balaban J connectivity index is 1.75. The van der Waals surface area contributed by atoms with E-state index in [1.807, 2.05) is 6.92 Å². The van der Waals surface area contributed by atoms with Gasteiger partial charge in [-0.25, -0.2) is 8.42 Å². The van der Waals surface area contributed by atoms with E-state index in [1.165, 1.54) is 34.9 Å². The molecule has 1 aromatic carbocycles. The molecule has 146 valence electrons. The average molecular weight is 411 g/mol. The number of ether oxygens (including phenoxy) is 1. The number of rotatable bonds is 7. The van der Waals surface area contributed by atoms with Crippen LogP contribution in [0.15, 0.2) is 29.2 Å². The summed E-state index contributed by atoms with van der Waals surface area (Å²) in [5.41, 5.74) is 0. The summed E-state index contributed by atoms with van der Waals surface area (Å²) in [5.74, 6) is 0.201. The van der Waals surface area contributed by atoms with Crippen LogP contribution in [0.25, 0.3) is 0 Å². The molecule has 1 atom stereocenters. The van der Waals surface area contributed by atoms with Crippen LogP contribution in [0, 0.1) is 0 Å². The Morgan fingerprint density at radius 1 is 1.33 bits per heavy atom. The summed E-state index contributed by atoms with van der Waals surface area (Å²) in [4.78, 5) is 12.8. The molecule has 1 N–H and O–H groups in total. The molecule has 0 spiro atoms. The molecule has 1 aliphatic rings. The molecule has 0 unspecified atom stereocenters. The van der Waals surface area contributed by atoms with E-state index < -0.39 is 16.1 Å². The lowest BCUT2D eigenvalue weighted by molar-refractivity contribution is -0.119. The smallest absolute Gasteiger partial charge is 0.244 e. The van der Waals surface area contributed by atoms with E-state index in [9.17, 15) is 13.2 Å². The molecular formula is C17H22N4O4S2. The van der Waals surface area contributed by atoms with Crippen molar-refractivity contribution in [2.75, 3.05) is 19.0 Å². The normalized spacial score (nSPS) is 17.8. The van der Waals surface area contributed by atoms with Crippen LogP contribution in [0.1, 0.15) is 31.2 Å². The lowest BCUT2D eigenvalue weighted by Gasteiger charge is -2.23. The number of benzene rings is 1. The molecule has 10 heteroatoms. The van der Waals surface area contributed by atoms with E-state index in [0.29, 0.717) is 30.3 Å². The number of hydrogen-bond acceptors (Lipinski definition) is 7. The standard InChI is InChI=1S/C17H22N4O4S2/c1-3-5-15-19-20-17(26-15)18-16(22)14-6-4-11-21(14)27(23,24)13-9-7-12(25-2)8-10-13/h7-10,14H,3-6,11H2,1-2H3,(H,18,20,22)/t14-/m1/s1. The number of amides is 1. The third-order valence-electron chi connectivity index (χ3n) is 4.33. The molecule has 27 heavy (non-hydrogen) atoms. The van der Waals surface area contributed by atoms with Gasteiger partial charge in [-0.2, -0.15) is 4.31 Å². The summed E-state index contributed by atoms with van der Waals surface area (Å²) in [6.07, 6.45) is 2.85. The van der Waals surface area contributed by atoms with Crippen molar-refractivity contribution < 1.29 is 17.9 Å². The largest absolute Gasteiger partial charge is 0.497 e. The molecule has 1 saturated heterocycles. The molecule has 3 rings (SSSR count). The molecule has 1 amide bonds. The van der Waals surface area contributed by atoms with Gasteiger partial charge in [-0.05, 0) is 43.5 Å². The third-order valence-corrected chi connectivity index (χ3v) is 7.15. The van der Waals surface area contributed by atoms with Gasteiger partial charge in [-0.3, -0.25) is 10.1 Å². The van der Waals surface area contributed by atoms with E-state index in [1.54, 1.807) is 12.1 Å². The fourth-order valence-electron chi connectivity index (χ4n) is 2.98. The first-order valence-corrected chi connectivity index (χ1v) is 11.0. The first-order chi connectivity index (χ1) is 13.0. The van der Waals surface area contributed by atoms with Gasteiger partial charge in [0.25, 0.3) is 0 Å². The maximum absolute atomic E-state index is 13.0. The maximum Gasteiger partial charge on any atom is 0.244 e. The van der Waals surface area contributed by atoms with Gasteiger partial charge in [0.2, 0.25) is 21.1 Å². The van der Waals surface area contributed by atoms with Crippen LogP contribution in [0.3, 0.4) is 0 Å². The Bertz CT molecular complexity index is 896. The van der Waals surface area contributed by atoms with E-state index in [2.05, 4.69) is 15.5 Å². The number of aryl methyl sites for hydroxylation is 1. The number of hydrogen-bond donors (Lipinski definition) is 1. The molecule has 0 radical (unpaired) electrons. The van der Waals surface area contributed by atoms with Crippen molar-refractivity contribution >= 4 is 32.4 Å². The van der Waals surface area contributed by atoms with Crippen molar-refractivity contribution in [3.05, 3.63) is 29.3 Å². The van der Waals surface area contributed by atoms with Gasteiger partial charge >= 0.3 is 0 Å². The molecule has 0 aliphatic carbocycles. The number of carbonyl (C=O) groups is 1. The van der Waals surface area contributed by atoms with Crippen LogP contribution in [0.5, 0.6) is 5.75 Å². The van der Waals surface area contributed by atoms with Crippen molar-refractivity contribution in [1.29, 1.82) is 0 Å². The number of nitrogens with one attached hydrogen (secondary N) is 1. The number of aromatic nitrogens is 2. The van der Waals surface area contributed by atoms with Gasteiger partial charge in [0.15, 0.2) is 0 Å². The monoisotopic (exact) mass is 410 g/mol. The zero-order valence-electron chi connectivity index (χ0n) is 15.2. The van der Waals surface area contributed by atoms with Gasteiger partial charge < -0.3 is 4.74 Å². The molecule has 1 fully saturated rings. The Kier molecular flexibility index (Phi) is 6.08. The second kappa shape index (κ2) is 8.32. The molecule has 1 aromatic heterocycles. The van der Waals surface area contributed by atoms with E-state index in [4.69, 9.17) is 4.74 Å². The average Bonchev–Trinajstić information content (AvgIpc) is 3.32. The van der Waals surface area contributed by atoms with Crippen LogP contribution in [-0.4, -0.2) is 48.5 Å². The minimum absolute atomic E-state index is 0.143. The summed E-state index contributed by atoms with van der Waals surface area (Å²) < 4.78 is 32.3. The number of nitrogens with zero attached hydrogens (tertiary/aromatic N) is 3. The van der Waals surface area contributed by atoms with Crippen LogP contribution >= 0.6 is 11.3 Å². The van der Waals surface area contributed by atoms with E-state index >= 15 is 0 Å². The van der Waals surface area contributed by atoms with Crippen molar-refractivity contribution in [1.82, 2.24) is 14.5 Å². The zero-order valence-corrected chi connectivity index (χ0v) is 16.8. The van der Waals surface area contributed by atoms with Crippen LogP contribution < -0.4 is 10.1 Å². The van der Waals surface area contributed by atoms with Crippen LogP contribution in [-0.2, 0) is 21.2 Å². The first-order valence-electron chi connectivity index (χ1n) is 8.75. The van der Waals surface area contributed by atoms with Gasteiger partial charge in [-0.15, -0.1) is 10.2 Å². The van der Waals surface area contributed by atoms with Gasteiger partial charge in [-0.1, -0.05) is 18.3 Å².